The molecular formula is C30H38N2O7. The highest BCUT2D eigenvalue weighted by Crippen LogP contribution is 2.42. The molecule has 210 valence electrons. The molecule has 2 aromatic carbocycles. The molecule has 39 heavy (non-hydrogen) atoms. The molecule has 0 aliphatic carbocycles. The standard InChI is InChI=1S/C30H38N2O7/c1-4-37-23-11-8-21(9-12-23)28(33)26-27(22-10-13-24(38-5-2)25(20-22)39-6-3)32(30(35)29(26)34)15-7-14-31-16-18-36-19-17-31/h8-13,20,27,33H,4-7,14-19H2,1-3H3/b28-26+. The molecule has 9 nitrogen and oxygen atoms in total. The molecule has 2 aromatic rings. The average molecular weight is 539 g/mol. The van der Waals surface area contributed by atoms with E-state index in [-0.39, 0.29) is 11.3 Å². The molecule has 9 heteroatoms. The third kappa shape index (κ3) is 6.54. The van der Waals surface area contributed by atoms with Gasteiger partial charge in [-0.25, -0.2) is 0 Å². The fraction of sp³-hybridized carbons (Fsp3) is 0.467. The lowest BCUT2D eigenvalue weighted by Crippen LogP contribution is -2.39. The van der Waals surface area contributed by atoms with Gasteiger partial charge in [0.05, 0.1) is 44.6 Å². The molecular weight excluding hydrogens is 500 g/mol. The highest BCUT2D eigenvalue weighted by Gasteiger charge is 2.46. The van der Waals surface area contributed by atoms with Crippen molar-refractivity contribution in [1.82, 2.24) is 9.80 Å². The van der Waals surface area contributed by atoms with Gasteiger partial charge < -0.3 is 29.0 Å². The molecule has 0 bridgehead atoms. The lowest BCUT2D eigenvalue weighted by Gasteiger charge is -2.29. The average Bonchev–Trinajstić information content (AvgIpc) is 3.20. The van der Waals surface area contributed by atoms with E-state index in [1.807, 2.05) is 26.8 Å². The number of nitrogens with zero attached hydrogens (tertiary/aromatic N) is 2. The fourth-order valence-corrected chi connectivity index (χ4v) is 5.02. The van der Waals surface area contributed by atoms with Crippen molar-refractivity contribution < 1.29 is 33.6 Å². The van der Waals surface area contributed by atoms with Gasteiger partial charge in [-0.05, 0) is 69.2 Å². The van der Waals surface area contributed by atoms with E-state index >= 15 is 0 Å². The van der Waals surface area contributed by atoms with E-state index < -0.39 is 17.7 Å². The Morgan fingerprint density at radius 2 is 1.56 bits per heavy atom. The van der Waals surface area contributed by atoms with Crippen molar-refractivity contribution in [3.05, 3.63) is 59.2 Å². The van der Waals surface area contributed by atoms with E-state index in [2.05, 4.69) is 4.90 Å². The Bertz CT molecular complexity index is 1170. The van der Waals surface area contributed by atoms with E-state index in [0.29, 0.717) is 74.4 Å². The maximum absolute atomic E-state index is 13.4. The van der Waals surface area contributed by atoms with Gasteiger partial charge in [-0.15, -0.1) is 0 Å². The predicted molar refractivity (Wildman–Crippen MR) is 147 cm³/mol. The number of rotatable bonds is 12. The van der Waals surface area contributed by atoms with Crippen LogP contribution in [0.4, 0.5) is 0 Å². The Labute approximate surface area is 229 Å². The minimum Gasteiger partial charge on any atom is -0.507 e. The van der Waals surface area contributed by atoms with Gasteiger partial charge in [-0.1, -0.05) is 6.07 Å². The fourth-order valence-electron chi connectivity index (χ4n) is 5.02. The van der Waals surface area contributed by atoms with Crippen molar-refractivity contribution in [3.8, 4) is 17.2 Å². The summed E-state index contributed by atoms with van der Waals surface area (Å²) in [6, 6.07) is 11.5. The topological polar surface area (TPSA) is 97.8 Å². The smallest absolute Gasteiger partial charge is 0.295 e. The third-order valence-electron chi connectivity index (χ3n) is 6.84. The summed E-state index contributed by atoms with van der Waals surface area (Å²) in [5.41, 5.74) is 1.16. The molecule has 1 atom stereocenters. The first-order valence-corrected chi connectivity index (χ1v) is 13.7. The number of Topliss-reactive ketones (excluding diaryl/α,β-unsaturated/α-hetero) is 1. The molecule has 0 radical (unpaired) electrons. The van der Waals surface area contributed by atoms with Crippen molar-refractivity contribution >= 4 is 17.4 Å². The molecule has 1 unspecified atom stereocenters. The molecule has 2 fully saturated rings. The highest BCUT2D eigenvalue weighted by atomic mass is 16.5. The second-order valence-electron chi connectivity index (χ2n) is 9.33. The first kappa shape index (κ1) is 28.4. The van der Waals surface area contributed by atoms with Crippen LogP contribution >= 0.6 is 0 Å². The summed E-state index contributed by atoms with van der Waals surface area (Å²) in [4.78, 5) is 30.6. The largest absolute Gasteiger partial charge is 0.507 e. The molecule has 2 aliphatic rings. The van der Waals surface area contributed by atoms with Crippen LogP contribution in [0.3, 0.4) is 0 Å². The van der Waals surface area contributed by atoms with E-state index in [1.54, 1.807) is 41.3 Å². The maximum Gasteiger partial charge on any atom is 0.295 e. The summed E-state index contributed by atoms with van der Waals surface area (Å²) >= 11 is 0. The number of aliphatic hydroxyl groups excluding tert-OH is 1. The minimum atomic E-state index is -0.767. The first-order chi connectivity index (χ1) is 19.0. The van der Waals surface area contributed by atoms with Crippen LogP contribution in [0.1, 0.15) is 44.4 Å². The van der Waals surface area contributed by atoms with Crippen LogP contribution in [-0.4, -0.2) is 85.8 Å². The van der Waals surface area contributed by atoms with Crippen LogP contribution in [0, 0.1) is 0 Å². The Hall–Kier alpha value is -3.56. The number of aliphatic hydroxyl groups is 1. The summed E-state index contributed by atoms with van der Waals surface area (Å²) < 4.78 is 22.5. The van der Waals surface area contributed by atoms with Crippen LogP contribution in [0.2, 0.25) is 0 Å². The summed E-state index contributed by atoms with van der Waals surface area (Å²) in [5.74, 6) is 0.215. The lowest BCUT2D eigenvalue weighted by atomic mass is 9.95. The van der Waals surface area contributed by atoms with Crippen molar-refractivity contribution in [2.45, 2.75) is 33.2 Å². The van der Waals surface area contributed by atoms with Crippen molar-refractivity contribution in [3.63, 3.8) is 0 Å². The number of hydrogen-bond donors (Lipinski definition) is 1. The Kier molecular flexibility index (Phi) is 9.84. The van der Waals surface area contributed by atoms with Gasteiger partial charge in [-0.3, -0.25) is 14.5 Å². The number of carbonyl (C=O) groups excluding carboxylic acids is 2. The SMILES string of the molecule is CCOc1ccc(/C(O)=C2\C(=O)C(=O)N(CCCN3CCOCC3)C2c2ccc(OCC)c(OCC)c2)cc1. The van der Waals surface area contributed by atoms with E-state index in [4.69, 9.17) is 18.9 Å². The second kappa shape index (κ2) is 13.5. The van der Waals surface area contributed by atoms with E-state index in [9.17, 15) is 14.7 Å². The number of morpholine rings is 1. The van der Waals surface area contributed by atoms with Crippen LogP contribution < -0.4 is 14.2 Å². The Balaban J connectivity index is 1.72. The zero-order valence-corrected chi connectivity index (χ0v) is 23.0. The molecule has 2 aliphatic heterocycles. The van der Waals surface area contributed by atoms with Gasteiger partial charge in [-0.2, -0.15) is 0 Å². The minimum absolute atomic E-state index is 0.0575. The van der Waals surface area contributed by atoms with Crippen molar-refractivity contribution in [2.24, 2.45) is 0 Å². The van der Waals surface area contributed by atoms with Gasteiger partial charge in [0.2, 0.25) is 0 Å². The number of ketones is 1. The van der Waals surface area contributed by atoms with Crippen LogP contribution in [0.15, 0.2) is 48.0 Å². The summed E-state index contributed by atoms with van der Waals surface area (Å²) in [6.45, 7) is 11.3. The predicted octanol–water partition coefficient (Wildman–Crippen LogP) is 4.03. The van der Waals surface area contributed by atoms with Crippen LogP contribution in [0.25, 0.3) is 5.76 Å². The molecule has 2 saturated heterocycles. The number of hydrogen-bond acceptors (Lipinski definition) is 8. The monoisotopic (exact) mass is 538 g/mol. The van der Waals surface area contributed by atoms with Gasteiger partial charge in [0.15, 0.2) is 11.5 Å². The van der Waals surface area contributed by atoms with Gasteiger partial charge in [0.25, 0.3) is 11.7 Å². The number of likely N-dealkylation sites (tertiary alicyclic amines) is 1. The van der Waals surface area contributed by atoms with Crippen LogP contribution in [-0.2, 0) is 14.3 Å². The molecule has 0 aromatic heterocycles. The summed E-state index contributed by atoms with van der Waals surface area (Å²) in [5, 5.41) is 11.4. The Morgan fingerprint density at radius 1 is 0.897 bits per heavy atom. The van der Waals surface area contributed by atoms with E-state index in [0.717, 1.165) is 19.6 Å². The second-order valence-corrected chi connectivity index (χ2v) is 9.33. The van der Waals surface area contributed by atoms with Crippen molar-refractivity contribution in [2.75, 3.05) is 59.2 Å². The van der Waals surface area contributed by atoms with Gasteiger partial charge in [0.1, 0.15) is 11.5 Å². The molecule has 0 spiro atoms. The molecule has 2 heterocycles. The normalized spacial score (nSPS) is 19.4. The first-order valence-electron chi connectivity index (χ1n) is 13.7. The quantitative estimate of drug-likeness (QED) is 0.246. The van der Waals surface area contributed by atoms with Crippen LogP contribution in [0.5, 0.6) is 17.2 Å². The number of amides is 1. The highest BCUT2D eigenvalue weighted by molar-refractivity contribution is 6.46. The maximum atomic E-state index is 13.4. The molecule has 1 N–H and O–H groups in total. The lowest BCUT2D eigenvalue weighted by molar-refractivity contribution is -0.140. The third-order valence-corrected chi connectivity index (χ3v) is 6.84. The zero-order valence-electron chi connectivity index (χ0n) is 23.0. The number of carbonyl (C=O) groups is 2. The molecule has 0 saturated carbocycles. The van der Waals surface area contributed by atoms with Gasteiger partial charge >= 0.3 is 0 Å². The summed E-state index contributed by atoms with van der Waals surface area (Å²) in [7, 11) is 0. The molecule has 4 rings (SSSR count). The van der Waals surface area contributed by atoms with Crippen molar-refractivity contribution in [1.29, 1.82) is 0 Å². The Morgan fingerprint density at radius 3 is 2.23 bits per heavy atom. The number of benzene rings is 2. The molecule has 1 amide bonds. The van der Waals surface area contributed by atoms with Gasteiger partial charge in [0, 0.05) is 31.7 Å². The zero-order chi connectivity index (χ0) is 27.8. The number of ether oxygens (including phenoxy) is 4. The summed E-state index contributed by atoms with van der Waals surface area (Å²) in [6.07, 6.45) is 0.683. The van der Waals surface area contributed by atoms with E-state index in [1.165, 1.54) is 0 Å².